The quantitative estimate of drug-likeness (QED) is 0.529. The summed E-state index contributed by atoms with van der Waals surface area (Å²) >= 11 is 0. The number of benzene rings is 1. The van der Waals surface area contributed by atoms with E-state index >= 15 is 0 Å². The summed E-state index contributed by atoms with van der Waals surface area (Å²) in [5.41, 5.74) is 1.01. The zero-order valence-corrected chi connectivity index (χ0v) is 8.78. The average Bonchev–Trinajstić information content (AvgIpc) is 2.02. The van der Waals surface area contributed by atoms with Gasteiger partial charge in [0.25, 0.3) is 0 Å². The van der Waals surface area contributed by atoms with Crippen molar-refractivity contribution in [3.05, 3.63) is 29.3 Å². The Balaban J connectivity index is 3.43. The molecule has 0 N–H and O–H groups in total. The fraction of sp³-hybridized carbons (Fsp3) is 0.200. The van der Waals surface area contributed by atoms with Crippen molar-refractivity contribution in [3.63, 3.8) is 0 Å². The minimum atomic E-state index is -0.0745. The van der Waals surface area contributed by atoms with Crippen molar-refractivity contribution in [1.82, 2.24) is 0 Å². The van der Waals surface area contributed by atoms with E-state index in [9.17, 15) is 9.59 Å². The molecular formula is C10H11O2P. The first-order chi connectivity index (χ1) is 6.04. The smallest absolute Gasteiger partial charge is 0.161 e. The fourth-order valence-corrected chi connectivity index (χ4v) is 1.73. The van der Waals surface area contributed by atoms with Gasteiger partial charge in [-0.05, 0) is 19.2 Å². The number of hydrogen-bond acceptors (Lipinski definition) is 2. The van der Waals surface area contributed by atoms with Crippen LogP contribution in [-0.2, 0) is 0 Å². The Hall–Kier alpha value is -1.01. The van der Waals surface area contributed by atoms with Crippen molar-refractivity contribution in [1.29, 1.82) is 0 Å². The van der Waals surface area contributed by atoms with Gasteiger partial charge in [-0.2, -0.15) is 0 Å². The Labute approximate surface area is 79.5 Å². The van der Waals surface area contributed by atoms with Crippen LogP contribution in [0.1, 0.15) is 34.6 Å². The topological polar surface area (TPSA) is 34.1 Å². The lowest BCUT2D eigenvalue weighted by molar-refractivity contribution is 0.0981. The molecule has 1 aromatic rings. The summed E-state index contributed by atoms with van der Waals surface area (Å²) in [6, 6.07) is 5.24. The highest BCUT2D eigenvalue weighted by Gasteiger charge is 2.12. The van der Waals surface area contributed by atoms with Gasteiger partial charge in [0.2, 0.25) is 0 Å². The molecule has 0 amide bonds. The van der Waals surface area contributed by atoms with E-state index in [-0.39, 0.29) is 11.6 Å². The Kier molecular flexibility index (Phi) is 2.94. The third kappa shape index (κ3) is 2.02. The van der Waals surface area contributed by atoms with Gasteiger partial charge in [-0.25, -0.2) is 0 Å². The molecule has 1 unspecified atom stereocenters. The van der Waals surface area contributed by atoms with Crippen LogP contribution < -0.4 is 5.30 Å². The van der Waals surface area contributed by atoms with Crippen LogP contribution in [0.2, 0.25) is 0 Å². The lowest BCUT2D eigenvalue weighted by Gasteiger charge is -2.05. The molecule has 1 atom stereocenters. The summed E-state index contributed by atoms with van der Waals surface area (Å²) in [5, 5.41) is 0.778. The van der Waals surface area contributed by atoms with Crippen LogP contribution >= 0.6 is 9.24 Å². The second-order valence-corrected chi connectivity index (χ2v) is 3.50. The van der Waals surface area contributed by atoms with Gasteiger partial charge >= 0.3 is 0 Å². The van der Waals surface area contributed by atoms with Gasteiger partial charge in [0.15, 0.2) is 11.6 Å². The average molecular weight is 194 g/mol. The van der Waals surface area contributed by atoms with E-state index in [1.807, 2.05) is 0 Å². The van der Waals surface area contributed by atoms with Gasteiger partial charge in [-0.15, -0.1) is 9.24 Å². The maximum Gasteiger partial charge on any atom is 0.161 e. The van der Waals surface area contributed by atoms with Gasteiger partial charge in [0, 0.05) is 11.1 Å². The third-order valence-electron chi connectivity index (χ3n) is 1.83. The lowest BCUT2D eigenvalue weighted by atomic mass is 10.0. The molecule has 68 valence electrons. The molecule has 13 heavy (non-hydrogen) atoms. The van der Waals surface area contributed by atoms with Crippen LogP contribution in [0.25, 0.3) is 0 Å². The Morgan fingerprint density at radius 3 is 2.15 bits per heavy atom. The molecule has 0 aliphatic carbocycles. The van der Waals surface area contributed by atoms with E-state index in [4.69, 9.17) is 0 Å². The van der Waals surface area contributed by atoms with Gasteiger partial charge < -0.3 is 0 Å². The normalized spacial score (nSPS) is 9.77. The van der Waals surface area contributed by atoms with Crippen LogP contribution in [-0.4, -0.2) is 11.6 Å². The number of rotatable bonds is 2. The molecule has 3 heteroatoms. The largest absolute Gasteiger partial charge is 0.294 e. The zero-order chi connectivity index (χ0) is 10.0. The van der Waals surface area contributed by atoms with Crippen LogP contribution in [0.15, 0.2) is 18.2 Å². The second-order valence-electron chi connectivity index (χ2n) is 2.88. The van der Waals surface area contributed by atoms with Gasteiger partial charge in [-0.3, -0.25) is 9.59 Å². The van der Waals surface area contributed by atoms with Crippen molar-refractivity contribution < 1.29 is 9.59 Å². The minimum Gasteiger partial charge on any atom is -0.294 e. The number of carbonyl (C=O) groups excluding carboxylic acids is 2. The SMILES string of the molecule is CC(=O)c1cccc(P)c1C(C)=O. The third-order valence-corrected chi connectivity index (χ3v) is 2.31. The lowest BCUT2D eigenvalue weighted by Crippen LogP contribution is -2.13. The molecular weight excluding hydrogens is 183 g/mol. The van der Waals surface area contributed by atoms with Crippen molar-refractivity contribution in [2.45, 2.75) is 13.8 Å². The van der Waals surface area contributed by atoms with E-state index in [1.165, 1.54) is 13.8 Å². The maximum atomic E-state index is 11.2. The standard InChI is InChI=1S/C10H11O2P/c1-6(11)8-4-3-5-9(13)10(8)7(2)12/h3-5H,13H2,1-2H3. The van der Waals surface area contributed by atoms with Crippen LogP contribution in [0.3, 0.4) is 0 Å². The van der Waals surface area contributed by atoms with E-state index in [2.05, 4.69) is 9.24 Å². The molecule has 2 nitrogen and oxygen atoms in total. The Morgan fingerprint density at radius 1 is 1.15 bits per heavy atom. The van der Waals surface area contributed by atoms with Gasteiger partial charge in [-0.1, -0.05) is 18.2 Å². The Bertz CT molecular complexity index is 369. The zero-order valence-electron chi connectivity index (χ0n) is 7.63. The molecule has 0 aliphatic rings. The predicted molar refractivity (Wildman–Crippen MR) is 55.8 cm³/mol. The first-order valence-electron chi connectivity index (χ1n) is 3.94. The maximum absolute atomic E-state index is 11.2. The molecule has 1 rings (SSSR count). The van der Waals surface area contributed by atoms with E-state index in [0.717, 1.165) is 5.30 Å². The molecule has 0 heterocycles. The first kappa shape index (κ1) is 10.1. The highest BCUT2D eigenvalue weighted by Crippen LogP contribution is 2.10. The summed E-state index contributed by atoms with van der Waals surface area (Å²) in [7, 11) is 2.46. The van der Waals surface area contributed by atoms with Crippen molar-refractivity contribution in [2.75, 3.05) is 0 Å². The molecule has 0 radical (unpaired) electrons. The molecule has 0 bridgehead atoms. The summed E-state index contributed by atoms with van der Waals surface area (Å²) in [6.07, 6.45) is 0. The summed E-state index contributed by atoms with van der Waals surface area (Å²) in [5.74, 6) is -0.148. The van der Waals surface area contributed by atoms with Crippen molar-refractivity contribution in [2.24, 2.45) is 0 Å². The van der Waals surface area contributed by atoms with E-state index in [0.29, 0.717) is 11.1 Å². The summed E-state index contributed by atoms with van der Waals surface area (Å²) in [4.78, 5) is 22.4. The summed E-state index contributed by atoms with van der Waals surface area (Å²) < 4.78 is 0. The molecule has 0 saturated heterocycles. The number of Topliss-reactive ketones (excluding diaryl/α,β-unsaturated/α-hetero) is 2. The summed E-state index contributed by atoms with van der Waals surface area (Å²) in [6.45, 7) is 2.93. The Morgan fingerprint density at radius 2 is 1.77 bits per heavy atom. The highest BCUT2D eigenvalue weighted by atomic mass is 31.0. The first-order valence-corrected chi connectivity index (χ1v) is 4.52. The van der Waals surface area contributed by atoms with Gasteiger partial charge in [0.1, 0.15) is 0 Å². The van der Waals surface area contributed by atoms with Crippen molar-refractivity contribution in [3.8, 4) is 0 Å². The van der Waals surface area contributed by atoms with Crippen LogP contribution in [0.5, 0.6) is 0 Å². The fourth-order valence-electron chi connectivity index (χ4n) is 1.26. The van der Waals surface area contributed by atoms with Crippen molar-refractivity contribution >= 4 is 26.1 Å². The van der Waals surface area contributed by atoms with E-state index < -0.39 is 0 Å². The number of carbonyl (C=O) groups is 2. The molecule has 0 spiro atoms. The van der Waals surface area contributed by atoms with E-state index in [1.54, 1.807) is 18.2 Å². The highest BCUT2D eigenvalue weighted by molar-refractivity contribution is 7.27. The molecule has 0 fully saturated rings. The molecule has 0 aromatic heterocycles. The predicted octanol–water partition coefficient (Wildman–Crippen LogP) is 1.59. The second kappa shape index (κ2) is 3.80. The van der Waals surface area contributed by atoms with Crippen LogP contribution in [0, 0.1) is 0 Å². The van der Waals surface area contributed by atoms with Gasteiger partial charge in [0.05, 0.1) is 0 Å². The monoisotopic (exact) mass is 194 g/mol. The molecule has 1 aromatic carbocycles. The molecule has 0 aliphatic heterocycles. The van der Waals surface area contributed by atoms with Crippen LogP contribution in [0.4, 0.5) is 0 Å². The molecule has 0 saturated carbocycles. The number of hydrogen-bond donors (Lipinski definition) is 0. The minimum absolute atomic E-state index is 0.0733. The number of ketones is 2.